The van der Waals surface area contributed by atoms with E-state index in [2.05, 4.69) is 10.3 Å². The Morgan fingerprint density at radius 3 is 3.17 bits per heavy atom. The van der Waals surface area contributed by atoms with Crippen molar-refractivity contribution in [1.29, 1.82) is 0 Å². The van der Waals surface area contributed by atoms with Crippen molar-refractivity contribution < 1.29 is 9.90 Å². The summed E-state index contributed by atoms with van der Waals surface area (Å²) in [4.78, 5) is 18.2. The number of aromatic hydroxyl groups is 1. The van der Waals surface area contributed by atoms with E-state index in [1.807, 2.05) is 11.9 Å². The molecule has 2 rings (SSSR count). The minimum atomic E-state index is -0.173. The van der Waals surface area contributed by atoms with E-state index in [1.54, 1.807) is 6.07 Å². The normalized spacial score (nSPS) is 19.8. The Labute approximate surface area is 107 Å². The molecule has 5 heteroatoms. The average molecular weight is 249 g/mol. The number of likely N-dealkylation sites (N-methyl/N-ethyl adjacent to an activating group) is 1. The first kappa shape index (κ1) is 12.8. The van der Waals surface area contributed by atoms with E-state index in [4.69, 9.17) is 0 Å². The number of piperidine rings is 1. The number of hydrogen-bond acceptors (Lipinski definition) is 4. The van der Waals surface area contributed by atoms with Gasteiger partial charge in [0.15, 0.2) is 5.69 Å². The predicted octanol–water partition coefficient (Wildman–Crippen LogP) is 1.00. The molecule has 18 heavy (non-hydrogen) atoms. The summed E-state index contributed by atoms with van der Waals surface area (Å²) >= 11 is 0. The van der Waals surface area contributed by atoms with Gasteiger partial charge in [-0.25, -0.2) is 4.98 Å². The second-order valence-corrected chi connectivity index (χ2v) is 4.58. The third kappa shape index (κ3) is 2.61. The molecule has 0 bridgehead atoms. The van der Waals surface area contributed by atoms with Crippen LogP contribution >= 0.6 is 0 Å². The van der Waals surface area contributed by atoms with Crippen molar-refractivity contribution in [3.05, 3.63) is 24.0 Å². The maximum Gasteiger partial charge on any atom is 0.276 e. The summed E-state index contributed by atoms with van der Waals surface area (Å²) in [6.07, 6.45) is 4.69. The second kappa shape index (κ2) is 5.82. The smallest absolute Gasteiger partial charge is 0.276 e. The number of nitrogens with one attached hydrogen (secondary N) is 1. The molecular formula is C13H19N3O2. The average Bonchev–Trinajstić information content (AvgIpc) is 2.40. The minimum absolute atomic E-state index is 0.0451. The lowest BCUT2D eigenvalue weighted by atomic mass is 10.0. The van der Waals surface area contributed by atoms with E-state index < -0.39 is 0 Å². The van der Waals surface area contributed by atoms with Crippen LogP contribution < -0.4 is 5.32 Å². The molecular weight excluding hydrogens is 230 g/mol. The molecule has 5 nitrogen and oxygen atoms in total. The van der Waals surface area contributed by atoms with Crippen molar-refractivity contribution in [1.82, 2.24) is 15.2 Å². The van der Waals surface area contributed by atoms with Gasteiger partial charge in [0.05, 0.1) is 0 Å². The molecule has 1 aromatic rings. The summed E-state index contributed by atoms with van der Waals surface area (Å²) in [5.74, 6) is -0.218. The van der Waals surface area contributed by atoms with Gasteiger partial charge in [-0.05, 0) is 38.4 Å². The highest BCUT2D eigenvalue weighted by Crippen LogP contribution is 2.22. The maximum absolute atomic E-state index is 12.4. The first-order chi connectivity index (χ1) is 8.74. The standard InChI is InChI=1S/C13H19N3O2/c1-14-9-10-5-2-3-8-16(10)13(18)12-11(17)6-4-7-15-12/h4,6-7,10,14,17H,2-3,5,8-9H2,1H3. The molecule has 0 spiro atoms. The van der Waals surface area contributed by atoms with Crippen LogP contribution in [0.1, 0.15) is 29.8 Å². The zero-order chi connectivity index (χ0) is 13.0. The van der Waals surface area contributed by atoms with Gasteiger partial charge in [-0.2, -0.15) is 0 Å². The molecule has 2 N–H and O–H groups in total. The van der Waals surface area contributed by atoms with Crippen molar-refractivity contribution in [3.8, 4) is 5.75 Å². The highest BCUT2D eigenvalue weighted by atomic mass is 16.3. The van der Waals surface area contributed by atoms with Crippen LogP contribution in [0.4, 0.5) is 0 Å². The Hall–Kier alpha value is -1.62. The third-order valence-corrected chi connectivity index (χ3v) is 3.32. The van der Waals surface area contributed by atoms with Gasteiger partial charge in [-0.15, -0.1) is 0 Å². The summed E-state index contributed by atoms with van der Waals surface area (Å²) in [5, 5.41) is 12.8. The molecule has 0 saturated carbocycles. The Morgan fingerprint density at radius 1 is 1.61 bits per heavy atom. The van der Waals surface area contributed by atoms with Crippen LogP contribution in [0.15, 0.2) is 18.3 Å². The van der Waals surface area contributed by atoms with E-state index in [0.717, 1.165) is 32.4 Å². The first-order valence-corrected chi connectivity index (χ1v) is 6.33. The van der Waals surface area contributed by atoms with Crippen LogP contribution in [-0.4, -0.2) is 47.1 Å². The van der Waals surface area contributed by atoms with Gasteiger partial charge >= 0.3 is 0 Å². The summed E-state index contributed by atoms with van der Waals surface area (Å²) in [5.41, 5.74) is 0.153. The van der Waals surface area contributed by atoms with E-state index in [0.29, 0.717) is 0 Å². The molecule has 1 amide bonds. The van der Waals surface area contributed by atoms with Gasteiger partial charge in [-0.3, -0.25) is 4.79 Å². The van der Waals surface area contributed by atoms with E-state index in [1.165, 1.54) is 12.3 Å². The van der Waals surface area contributed by atoms with Crippen molar-refractivity contribution in [2.24, 2.45) is 0 Å². The fourth-order valence-electron chi connectivity index (χ4n) is 2.41. The predicted molar refractivity (Wildman–Crippen MR) is 68.5 cm³/mol. The van der Waals surface area contributed by atoms with Crippen LogP contribution in [0.3, 0.4) is 0 Å². The number of rotatable bonds is 3. The van der Waals surface area contributed by atoms with Crippen LogP contribution in [0.25, 0.3) is 0 Å². The number of likely N-dealkylation sites (tertiary alicyclic amines) is 1. The molecule has 98 valence electrons. The number of aromatic nitrogens is 1. The van der Waals surface area contributed by atoms with Gasteiger partial charge in [0, 0.05) is 25.3 Å². The highest BCUT2D eigenvalue weighted by molar-refractivity contribution is 5.95. The van der Waals surface area contributed by atoms with Gasteiger partial charge in [0.1, 0.15) is 5.75 Å². The monoisotopic (exact) mass is 249 g/mol. The molecule has 1 aliphatic heterocycles. The zero-order valence-corrected chi connectivity index (χ0v) is 10.6. The molecule has 1 aliphatic rings. The number of carbonyl (C=O) groups excluding carboxylic acids is 1. The fraction of sp³-hybridized carbons (Fsp3) is 0.538. The summed E-state index contributed by atoms with van der Waals surface area (Å²) in [6, 6.07) is 3.31. The van der Waals surface area contributed by atoms with Crippen LogP contribution in [-0.2, 0) is 0 Å². The molecule has 1 unspecified atom stereocenters. The van der Waals surface area contributed by atoms with Crippen LogP contribution in [0, 0.1) is 0 Å². The zero-order valence-electron chi connectivity index (χ0n) is 10.6. The van der Waals surface area contributed by atoms with Crippen molar-refractivity contribution in [3.63, 3.8) is 0 Å². The van der Waals surface area contributed by atoms with Crippen molar-refractivity contribution in [2.75, 3.05) is 20.1 Å². The van der Waals surface area contributed by atoms with Gasteiger partial charge in [-0.1, -0.05) is 0 Å². The molecule has 1 aromatic heterocycles. The number of carbonyl (C=O) groups is 1. The number of pyridine rings is 1. The third-order valence-electron chi connectivity index (χ3n) is 3.32. The molecule has 1 atom stereocenters. The topological polar surface area (TPSA) is 65.5 Å². The summed E-state index contributed by atoms with van der Waals surface area (Å²) in [6.45, 7) is 1.51. The number of amides is 1. The highest BCUT2D eigenvalue weighted by Gasteiger charge is 2.28. The largest absolute Gasteiger partial charge is 0.505 e. The number of nitrogens with zero attached hydrogens (tertiary/aromatic N) is 2. The minimum Gasteiger partial charge on any atom is -0.505 e. The second-order valence-electron chi connectivity index (χ2n) is 4.58. The molecule has 0 radical (unpaired) electrons. The lowest BCUT2D eigenvalue weighted by molar-refractivity contribution is 0.0605. The van der Waals surface area contributed by atoms with Crippen LogP contribution in [0.5, 0.6) is 5.75 Å². The fourth-order valence-corrected chi connectivity index (χ4v) is 2.41. The Balaban J connectivity index is 2.18. The quantitative estimate of drug-likeness (QED) is 0.839. The Morgan fingerprint density at radius 2 is 2.44 bits per heavy atom. The Kier molecular flexibility index (Phi) is 4.15. The van der Waals surface area contributed by atoms with Gasteiger partial charge in [0.25, 0.3) is 5.91 Å². The van der Waals surface area contributed by atoms with Crippen molar-refractivity contribution in [2.45, 2.75) is 25.3 Å². The summed E-state index contributed by atoms with van der Waals surface area (Å²) < 4.78 is 0. The first-order valence-electron chi connectivity index (χ1n) is 6.33. The maximum atomic E-state index is 12.4. The molecule has 1 saturated heterocycles. The Bertz CT molecular complexity index is 420. The van der Waals surface area contributed by atoms with Gasteiger partial charge < -0.3 is 15.3 Å². The van der Waals surface area contributed by atoms with E-state index in [-0.39, 0.29) is 23.4 Å². The van der Waals surface area contributed by atoms with E-state index in [9.17, 15) is 9.90 Å². The lowest BCUT2D eigenvalue weighted by Gasteiger charge is -2.35. The lowest BCUT2D eigenvalue weighted by Crippen LogP contribution is -2.48. The van der Waals surface area contributed by atoms with Crippen LogP contribution in [0.2, 0.25) is 0 Å². The van der Waals surface area contributed by atoms with Crippen molar-refractivity contribution >= 4 is 5.91 Å². The molecule has 2 heterocycles. The summed E-state index contributed by atoms with van der Waals surface area (Å²) in [7, 11) is 1.88. The molecule has 0 aromatic carbocycles. The molecule has 0 aliphatic carbocycles. The SMILES string of the molecule is CNCC1CCCCN1C(=O)c1ncccc1O. The van der Waals surface area contributed by atoms with Gasteiger partial charge in [0.2, 0.25) is 0 Å². The number of hydrogen-bond donors (Lipinski definition) is 2. The van der Waals surface area contributed by atoms with E-state index >= 15 is 0 Å². The molecule has 1 fully saturated rings.